The summed E-state index contributed by atoms with van der Waals surface area (Å²) in [6, 6.07) is 18.0. The van der Waals surface area contributed by atoms with Gasteiger partial charge in [-0.25, -0.2) is 0 Å². The predicted octanol–water partition coefficient (Wildman–Crippen LogP) is 3.61. The van der Waals surface area contributed by atoms with E-state index in [4.69, 9.17) is 0 Å². The second kappa shape index (κ2) is 4.95. The van der Waals surface area contributed by atoms with Crippen molar-refractivity contribution in [3.8, 4) is 11.1 Å². The van der Waals surface area contributed by atoms with Crippen LogP contribution in [-0.4, -0.2) is 5.11 Å². The van der Waals surface area contributed by atoms with Crippen LogP contribution in [0.25, 0.3) is 11.1 Å². The maximum Gasteiger partial charge on any atom is 0.0796 e. The van der Waals surface area contributed by atoms with E-state index < -0.39 is 6.10 Å². The molecule has 0 bridgehead atoms. The van der Waals surface area contributed by atoms with Gasteiger partial charge in [-0.1, -0.05) is 61.5 Å². The third-order valence-corrected chi connectivity index (χ3v) is 2.68. The van der Waals surface area contributed by atoms with Crippen LogP contribution in [0, 0.1) is 6.92 Å². The summed E-state index contributed by atoms with van der Waals surface area (Å²) >= 11 is 0. The van der Waals surface area contributed by atoms with E-state index in [9.17, 15) is 5.11 Å². The molecule has 1 N–H and O–H groups in total. The second-order valence-electron chi connectivity index (χ2n) is 3.76. The first-order valence-corrected chi connectivity index (χ1v) is 5.44. The van der Waals surface area contributed by atoms with Crippen LogP contribution >= 0.6 is 0 Å². The van der Waals surface area contributed by atoms with E-state index in [0.29, 0.717) is 6.42 Å². The first-order valence-electron chi connectivity index (χ1n) is 5.44. The predicted molar refractivity (Wildman–Crippen MR) is 66.8 cm³/mol. The molecule has 0 saturated carbocycles. The Morgan fingerprint density at radius 2 is 1.56 bits per heavy atom. The molecule has 1 heteroatoms. The summed E-state index contributed by atoms with van der Waals surface area (Å²) in [4.78, 5) is 0. The Kier molecular flexibility index (Phi) is 3.37. The molecule has 0 fully saturated rings. The highest BCUT2D eigenvalue weighted by molar-refractivity contribution is 5.67. The zero-order valence-corrected chi connectivity index (χ0v) is 9.13. The average molecular weight is 211 g/mol. The lowest BCUT2D eigenvalue weighted by atomic mass is 9.95. The summed E-state index contributed by atoms with van der Waals surface area (Å²) in [6.07, 6.45) is 0.000489. The van der Waals surface area contributed by atoms with Crippen molar-refractivity contribution in [2.24, 2.45) is 0 Å². The van der Waals surface area contributed by atoms with E-state index in [0.717, 1.165) is 16.7 Å². The van der Waals surface area contributed by atoms with E-state index in [1.165, 1.54) is 0 Å². The van der Waals surface area contributed by atoms with Crippen LogP contribution in [0.3, 0.4) is 0 Å². The standard InChI is InChI=1S/C15H15O/c1-2-15(16)14-11-7-6-10-13(14)12-8-4-3-5-9-12/h3-11,15-16H,1-2H2. The van der Waals surface area contributed by atoms with Crippen molar-refractivity contribution >= 4 is 0 Å². The third-order valence-electron chi connectivity index (χ3n) is 2.68. The number of aliphatic hydroxyl groups is 1. The Labute approximate surface area is 96.4 Å². The van der Waals surface area contributed by atoms with Crippen LogP contribution in [0.15, 0.2) is 54.6 Å². The molecule has 1 nitrogen and oxygen atoms in total. The highest BCUT2D eigenvalue weighted by Crippen LogP contribution is 2.29. The third kappa shape index (κ3) is 2.15. The van der Waals surface area contributed by atoms with Gasteiger partial charge in [0.1, 0.15) is 0 Å². The molecule has 0 aromatic heterocycles. The fraction of sp³-hybridized carbons (Fsp3) is 0.133. The van der Waals surface area contributed by atoms with E-state index in [2.05, 4.69) is 19.1 Å². The van der Waals surface area contributed by atoms with Gasteiger partial charge in [-0.3, -0.25) is 0 Å². The number of hydrogen-bond acceptors (Lipinski definition) is 1. The quantitative estimate of drug-likeness (QED) is 0.822. The first-order chi connectivity index (χ1) is 7.83. The summed E-state index contributed by atoms with van der Waals surface area (Å²) in [5.41, 5.74) is 3.16. The SMILES string of the molecule is [CH2]CC(O)c1ccccc1-c1ccccc1. The summed E-state index contributed by atoms with van der Waals surface area (Å²) in [7, 11) is 0. The first kappa shape index (κ1) is 10.9. The Bertz CT molecular complexity index is 448. The van der Waals surface area contributed by atoms with Crippen LogP contribution < -0.4 is 0 Å². The molecular formula is C15H15O. The summed E-state index contributed by atoms with van der Waals surface area (Å²) in [5.74, 6) is 0. The van der Waals surface area contributed by atoms with Crippen LogP contribution in [0.1, 0.15) is 18.1 Å². The zero-order valence-electron chi connectivity index (χ0n) is 9.13. The molecule has 81 valence electrons. The van der Waals surface area contributed by atoms with Gasteiger partial charge in [-0.05, 0) is 23.1 Å². The molecule has 0 heterocycles. The molecule has 16 heavy (non-hydrogen) atoms. The molecule has 0 saturated heterocycles. The van der Waals surface area contributed by atoms with E-state index in [-0.39, 0.29) is 0 Å². The largest absolute Gasteiger partial charge is 0.388 e. The van der Waals surface area contributed by atoms with Gasteiger partial charge in [0.25, 0.3) is 0 Å². The maximum absolute atomic E-state index is 9.91. The molecule has 0 spiro atoms. The van der Waals surface area contributed by atoms with E-state index >= 15 is 0 Å². The molecule has 0 aliphatic rings. The van der Waals surface area contributed by atoms with Crippen LogP contribution in [0.4, 0.5) is 0 Å². The van der Waals surface area contributed by atoms with Crippen molar-refractivity contribution in [2.45, 2.75) is 12.5 Å². The molecule has 0 amide bonds. The Morgan fingerprint density at radius 3 is 2.25 bits per heavy atom. The lowest BCUT2D eigenvalue weighted by Crippen LogP contribution is -1.97. The fourth-order valence-corrected chi connectivity index (χ4v) is 1.82. The molecular weight excluding hydrogens is 196 g/mol. The van der Waals surface area contributed by atoms with Crippen LogP contribution in [0.2, 0.25) is 0 Å². The Morgan fingerprint density at radius 1 is 0.938 bits per heavy atom. The zero-order chi connectivity index (χ0) is 11.4. The minimum absolute atomic E-state index is 0.489. The van der Waals surface area contributed by atoms with Gasteiger partial charge in [0, 0.05) is 0 Å². The molecule has 1 atom stereocenters. The highest BCUT2D eigenvalue weighted by atomic mass is 16.3. The molecule has 1 unspecified atom stereocenters. The van der Waals surface area contributed by atoms with Gasteiger partial charge in [0.15, 0.2) is 0 Å². The van der Waals surface area contributed by atoms with Crippen molar-refractivity contribution in [3.05, 3.63) is 67.1 Å². The lowest BCUT2D eigenvalue weighted by molar-refractivity contribution is 0.181. The average Bonchev–Trinajstić information content (AvgIpc) is 2.39. The minimum Gasteiger partial charge on any atom is -0.388 e. The summed E-state index contributed by atoms with van der Waals surface area (Å²) in [6.45, 7) is 3.75. The van der Waals surface area contributed by atoms with Gasteiger partial charge in [-0.15, -0.1) is 0 Å². The van der Waals surface area contributed by atoms with Crippen molar-refractivity contribution < 1.29 is 5.11 Å². The van der Waals surface area contributed by atoms with Crippen LogP contribution in [0.5, 0.6) is 0 Å². The maximum atomic E-state index is 9.91. The van der Waals surface area contributed by atoms with Gasteiger partial charge in [-0.2, -0.15) is 0 Å². The van der Waals surface area contributed by atoms with Crippen molar-refractivity contribution in [2.75, 3.05) is 0 Å². The highest BCUT2D eigenvalue weighted by Gasteiger charge is 2.10. The Hall–Kier alpha value is -1.60. The minimum atomic E-state index is -0.489. The van der Waals surface area contributed by atoms with Crippen molar-refractivity contribution in [3.63, 3.8) is 0 Å². The Balaban J connectivity index is 2.49. The smallest absolute Gasteiger partial charge is 0.0796 e. The summed E-state index contributed by atoms with van der Waals surface area (Å²) < 4.78 is 0. The van der Waals surface area contributed by atoms with Crippen LogP contribution in [-0.2, 0) is 0 Å². The van der Waals surface area contributed by atoms with Crippen molar-refractivity contribution in [1.29, 1.82) is 0 Å². The lowest BCUT2D eigenvalue weighted by Gasteiger charge is -2.13. The number of aliphatic hydroxyl groups excluding tert-OH is 1. The molecule has 2 rings (SSSR count). The molecule has 0 aliphatic carbocycles. The normalized spacial score (nSPS) is 12.4. The van der Waals surface area contributed by atoms with E-state index in [1.807, 2.05) is 42.5 Å². The van der Waals surface area contributed by atoms with Crippen molar-refractivity contribution in [1.82, 2.24) is 0 Å². The van der Waals surface area contributed by atoms with Gasteiger partial charge >= 0.3 is 0 Å². The monoisotopic (exact) mass is 211 g/mol. The van der Waals surface area contributed by atoms with E-state index in [1.54, 1.807) is 0 Å². The topological polar surface area (TPSA) is 20.2 Å². The molecule has 1 radical (unpaired) electrons. The van der Waals surface area contributed by atoms with Gasteiger partial charge in [0.2, 0.25) is 0 Å². The number of benzene rings is 2. The number of hydrogen-bond donors (Lipinski definition) is 1. The molecule has 2 aromatic rings. The fourth-order valence-electron chi connectivity index (χ4n) is 1.82. The summed E-state index contributed by atoms with van der Waals surface area (Å²) in [5, 5.41) is 9.91. The van der Waals surface area contributed by atoms with Gasteiger partial charge < -0.3 is 5.11 Å². The number of rotatable bonds is 3. The molecule has 2 aromatic carbocycles. The van der Waals surface area contributed by atoms with Gasteiger partial charge in [0.05, 0.1) is 6.10 Å². The molecule has 0 aliphatic heterocycles. The second-order valence-corrected chi connectivity index (χ2v) is 3.76.